The average molecular weight is 340 g/mol. The van der Waals surface area contributed by atoms with Crippen LogP contribution in [-0.2, 0) is 9.53 Å². The first-order valence-corrected chi connectivity index (χ1v) is 7.37. The van der Waals surface area contributed by atoms with Crippen LogP contribution in [0.4, 0.5) is 0 Å². The molecule has 0 radical (unpaired) electrons. The normalized spacial score (nSPS) is 21.9. The van der Waals surface area contributed by atoms with Gasteiger partial charge >= 0.3 is 5.97 Å². The van der Waals surface area contributed by atoms with E-state index in [1.54, 1.807) is 11.0 Å². The number of halogens is 1. The highest BCUT2D eigenvalue weighted by molar-refractivity contribution is 9.10. The number of hydrogen-bond acceptors (Lipinski definition) is 3. The molecule has 20 heavy (non-hydrogen) atoms. The lowest BCUT2D eigenvalue weighted by Crippen LogP contribution is -2.30. The van der Waals surface area contributed by atoms with Crippen LogP contribution in [0.25, 0.3) is 0 Å². The lowest BCUT2D eigenvalue weighted by Gasteiger charge is -2.17. The lowest BCUT2D eigenvalue weighted by molar-refractivity contribution is -0.146. The van der Waals surface area contributed by atoms with Gasteiger partial charge in [-0.1, -0.05) is 19.1 Å². The van der Waals surface area contributed by atoms with Crippen LogP contribution in [0.2, 0.25) is 0 Å². The van der Waals surface area contributed by atoms with Gasteiger partial charge in [-0.3, -0.25) is 9.59 Å². The number of hydrogen-bond donors (Lipinski definition) is 0. The van der Waals surface area contributed by atoms with Crippen molar-refractivity contribution in [1.29, 1.82) is 0 Å². The number of esters is 1. The van der Waals surface area contributed by atoms with Crippen molar-refractivity contribution < 1.29 is 14.3 Å². The molecular formula is C15H18BrNO3. The Balaban J connectivity index is 2.19. The van der Waals surface area contributed by atoms with Crippen LogP contribution in [0.1, 0.15) is 22.8 Å². The van der Waals surface area contributed by atoms with Gasteiger partial charge in [-0.05, 0) is 40.4 Å². The monoisotopic (exact) mass is 339 g/mol. The third-order valence-electron chi connectivity index (χ3n) is 3.83. The van der Waals surface area contributed by atoms with Gasteiger partial charge < -0.3 is 9.64 Å². The molecule has 1 heterocycles. The Bertz CT molecular complexity index is 544. The van der Waals surface area contributed by atoms with Crippen LogP contribution in [0.5, 0.6) is 0 Å². The number of carbonyl (C=O) groups excluding carboxylic acids is 2. The maximum atomic E-state index is 12.6. The molecule has 0 saturated carbocycles. The first-order valence-electron chi connectivity index (χ1n) is 6.58. The Kier molecular flexibility index (Phi) is 4.48. The summed E-state index contributed by atoms with van der Waals surface area (Å²) in [6.45, 7) is 4.93. The van der Waals surface area contributed by atoms with Crippen molar-refractivity contribution in [2.24, 2.45) is 11.8 Å². The van der Waals surface area contributed by atoms with Crippen LogP contribution in [0, 0.1) is 18.8 Å². The minimum Gasteiger partial charge on any atom is -0.469 e. The maximum Gasteiger partial charge on any atom is 0.310 e. The first-order chi connectivity index (χ1) is 9.45. The number of rotatable bonds is 2. The Morgan fingerprint density at radius 1 is 1.35 bits per heavy atom. The molecule has 4 nitrogen and oxygen atoms in total. The molecule has 1 fully saturated rings. The summed E-state index contributed by atoms with van der Waals surface area (Å²) in [5.74, 6) is -0.391. The molecule has 0 bridgehead atoms. The lowest BCUT2D eigenvalue weighted by atomic mass is 9.99. The van der Waals surface area contributed by atoms with Crippen molar-refractivity contribution in [1.82, 2.24) is 4.90 Å². The van der Waals surface area contributed by atoms with Gasteiger partial charge in [0.1, 0.15) is 0 Å². The zero-order valence-electron chi connectivity index (χ0n) is 11.9. The molecule has 1 aromatic rings. The summed E-state index contributed by atoms with van der Waals surface area (Å²) in [5.41, 5.74) is 1.66. The van der Waals surface area contributed by atoms with E-state index in [2.05, 4.69) is 15.9 Å². The van der Waals surface area contributed by atoms with Crippen molar-refractivity contribution >= 4 is 27.8 Å². The van der Waals surface area contributed by atoms with Crippen LogP contribution < -0.4 is 0 Å². The molecule has 1 amide bonds. The fourth-order valence-corrected chi connectivity index (χ4v) is 3.01. The van der Waals surface area contributed by atoms with Gasteiger partial charge in [0.05, 0.1) is 18.6 Å². The van der Waals surface area contributed by atoms with E-state index in [0.717, 1.165) is 10.0 Å². The molecule has 0 spiro atoms. The number of amides is 1. The molecule has 108 valence electrons. The summed E-state index contributed by atoms with van der Waals surface area (Å²) in [6, 6.07) is 5.62. The van der Waals surface area contributed by atoms with Gasteiger partial charge in [-0.2, -0.15) is 0 Å². The third-order valence-corrected chi connectivity index (χ3v) is 4.88. The van der Waals surface area contributed by atoms with Gasteiger partial charge in [0.15, 0.2) is 0 Å². The number of methoxy groups -OCH3 is 1. The highest BCUT2D eigenvalue weighted by Gasteiger charge is 2.38. The summed E-state index contributed by atoms with van der Waals surface area (Å²) in [7, 11) is 1.39. The molecule has 2 rings (SSSR count). The summed E-state index contributed by atoms with van der Waals surface area (Å²) in [4.78, 5) is 26.0. The second-order valence-corrected chi connectivity index (χ2v) is 6.05. The number of benzene rings is 1. The molecule has 1 aliphatic heterocycles. The van der Waals surface area contributed by atoms with Crippen LogP contribution in [-0.4, -0.2) is 37.0 Å². The smallest absolute Gasteiger partial charge is 0.310 e. The number of carbonyl (C=O) groups is 2. The zero-order valence-corrected chi connectivity index (χ0v) is 13.4. The van der Waals surface area contributed by atoms with Crippen LogP contribution in [0.15, 0.2) is 22.7 Å². The first kappa shape index (κ1) is 15.0. The molecule has 2 unspecified atom stereocenters. The third kappa shape index (κ3) is 2.73. The summed E-state index contributed by atoms with van der Waals surface area (Å²) < 4.78 is 5.61. The van der Waals surface area contributed by atoms with E-state index in [0.29, 0.717) is 18.7 Å². The minimum atomic E-state index is -0.240. The Morgan fingerprint density at radius 2 is 2.05 bits per heavy atom. The van der Waals surface area contributed by atoms with Crippen molar-refractivity contribution in [3.8, 4) is 0 Å². The zero-order chi connectivity index (χ0) is 14.9. The number of likely N-dealkylation sites (tertiary alicyclic amines) is 1. The largest absolute Gasteiger partial charge is 0.469 e. The molecule has 2 atom stereocenters. The average Bonchev–Trinajstić information content (AvgIpc) is 2.82. The van der Waals surface area contributed by atoms with E-state index in [4.69, 9.17) is 4.74 Å². The van der Waals surface area contributed by atoms with Gasteiger partial charge in [0.25, 0.3) is 5.91 Å². The Hall–Kier alpha value is -1.36. The van der Waals surface area contributed by atoms with E-state index in [-0.39, 0.29) is 23.7 Å². The second kappa shape index (κ2) is 5.95. The minimum absolute atomic E-state index is 0.0428. The number of ether oxygens (including phenoxy) is 1. The molecule has 1 saturated heterocycles. The molecule has 0 aromatic heterocycles. The van der Waals surface area contributed by atoms with E-state index >= 15 is 0 Å². The van der Waals surface area contributed by atoms with Gasteiger partial charge in [0.2, 0.25) is 0 Å². The van der Waals surface area contributed by atoms with Gasteiger partial charge in [-0.25, -0.2) is 0 Å². The standard InChI is InChI=1S/C15H18BrNO3/c1-9-5-4-6-11(13(9)16)14(18)17-7-10(2)12(8-17)15(19)20-3/h4-6,10,12H,7-8H2,1-3H3. The van der Waals surface area contributed by atoms with E-state index < -0.39 is 0 Å². The topological polar surface area (TPSA) is 46.6 Å². The number of aryl methyl sites for hydroxylation is 1. The number of nitrogens with zero attached hydrogens (tertiary/aromatic N) is 1. The Morgan fingerprint density at radius 3 is 2.70 bits per heavy atom. The van der Waals surface area contributed by atoms with Crippen molar-refractivity contribution in [3.05, 3.63) is 33.8 Å². The quantitative estimate of drug-likeness (QED) is 0.778. The molecular weight excluding hydrogens is 322 g/mol. The van der Waals surface area contributed by atoms with Crippen LogP contribution in [0.3, 0.4) is 0 Å². The second-order valence-electron chi connectivity index (χ2n) is 5.25. The molecule has 0 aliphatic carbocycles. The summed E-state index contributed by atoms with van der Waals surface area (Å²) in [6.07, 6.45) is 0. The van der Waals surface area contributed by atoms with Crippen molar-refractivity contribution in [3.63, 3.8) is 0 Å². The highest BCUT2D eigenvalue weighted by atomic mass is 79.9. The van der Waals surface area contributed by atoms with E-state index in [9.17, 15) is 9.59 Å². The molecule has 5 heteroatoms. The SMILES string of the molecule is COC(=O)C1CN(C(=O)c2cccc(C)c2Br)CC1C. The fourth-order valence-electron chi connectivity index (χ4n) is 2.57. The summed E-state index contributed by atoms with van der Waals surface area (Å²) in [5, 5.41) is 0. The molecule has 1 aromatic carbocycles. The van der Waals surface area contributed by atoms with E-state index in [1.165, 1.54) is 7.11 Å². The van der Waals surface area contributed by atoms with E-state index in [1.807, 2.05) is 26.0 Å². The van der Waals surface area contributed by atoms with Crippen LogP contribution >= 0.6 is 15.9 Å². The summed E-state index contributed by atoms with van der Waals surface area (Å²) >= 11 is 3.46. The van der Waals surface area contributed by atoms with Crippen molar-refractivity contribution in [2.75, 3.05) is 20.2 Å². The Labute approximate surface area is 127 Å². The van der Waals surface area contributed by atoms with Gasteiger partial charge in [0, 0.05) is 17.6 Å². The maximum absolute atomic E-state index is 12.6. The predicted octanol–water partition coefficient (Wildman–Crippen LogP) is 2.64. The molecule has 1 aliphatic rings. The molecule has 0 N–H and O–H groups in total. The van der Waals surface area contributed by atoms with Crippen molar-refractivity contribution in [2.45, 2.75) is 13.8 Å². The fraction of sp³-hybridized carbons (Fsp3) is 0.467. The van der Waals surface area contributed by atoms with Gasteiger partial charge in [-0.15, -0.1) is 0 Å². The predicted molar refractivity (Wildman–Crippen MR) is 79.5 cm³/mol. The highest BCUT2D eigenvalue weighted by Crippen LogP contribution is 2.28.